The van der Waals surface area contributed by atoms with Crippen LogP contribution in [0.1, 0.15) is 0 Å². The zero-order valence-electron chi connectivity index (χ0n) is 10.7. The van der Waals surface area contributed by atoms with E-state index in [2.05, 4.69) is 5.32 Å². The van der Waals surface area contributed by atoms with Crippen LogP contribution in [-0.2, 0) is 0 Å². The lowest BCUT2D eigenvalue weighted by molar-refractivity contribution is -0.169. The van der Waals surface area contributed by atoms with Crippen molar-refractivity contribution in [3.8, 4) is 5.75 Å². The summed E-state index contributed by atoms with van der Waals surface area (Å²) in [7, 11) is 1.54. The molecule has 1 heterocycles. The Hall–Kier alpha value is -1.43. The molecule has 1 N–H and O–H groups in total. The summed E-state index contributed by atoms with van der Waals surface area (Å²) in [6.45, 7) is 1.05. The molecule has 0 radical (unpaired) electrons. The van der Waals surface area contributed by atoms with Crippen LogP contribution >= 0.6 is 0 Å². The molecular weight excluding hydrogens is 257 g/mol. The minimum Gasteiger partial charge on any atom is -0.497 e. The van der Waals surface area contributed by atoms with Crippen molar-refractivity contribution < 1.29 is 17.9 Å². The number of halogens is 3. The van der Waals surface area contributed by atoms with Crippen molar-refractivity contribution in [3.05, 3.63) is 24.3 Å². The van der Waals surface area contributed by atoms with E-state index in [1.807, 2.05) is 0 Å². The number of nitrogens with one attached hydrogen (secondary N) is 1. The lowest BCUT2D eigenvalue weighted by Crippen LogP contribution is -2.38. The quantitative estimate of drug-likeness (QED) is 0.895. The molecule has 1 atom stereocenters. The van der Waals surface area contributed by atoms with Crippen molar-refractivity contribution >= 4 is 5.69 Å². The molecule has 6 heteroatoms. The fourth-order valence-corrected chi connectivity index (χ4v) is 2.17. The first kappa shape index (κ1) is 14.0. The molecule has 1 aliphatic heterocycles. The van der Waals surface area contributed by atoms with E-state index in [1.165, 1.54) is 0 Å². The first-order chi connectivity index (χ1) is 9.00. The summed E-state index contributed by atoms with van der Waals surface area (Å²) in [5.74, 6) is -0.695. The predicted molar refractivity (Wildman–Crippen MR) is 67.6 cm³/mol. The molecule has 0 aliphatic carbocycles. The van der Waals surface area contributed by atoms with Crippen LogP contribution in [0.15, 0.2) is 24.3 Å². The van der Waals surface area contributed by atoms with Gasteiger partial charge in [0.1, 0.15) is 5.75 Å². The molecule has 0 amide bonds. The maximum Gasteiger partial charge on any atom is 0.394 e. The molecule has 106 valence electrons. The van der Waals surface area contributed by atoms with Crippen LogP contribution in [0.3, 0.4) is 0 Å². The van der Waals surface area contributed by atoms with Crippen molar-refractivity contribution in [2.45, 2.75) is 6.18 Å². The van der Waals surface area contributed by atoms with E-state index < -0.39 is 12.1 Å². The van der Waals surface area contributed by atoms with Gasteiger partial charge in [0.25, 0.3) is 0 Å². The Morgan fingerprint density at radius 1 is 1.37 bits per heavy atom. The van der Waals surface area contributed by atoms with Crippen molar-refractivity contribution in [3.63, 3.8) is 0 Å². The Kier molecular flexibility index (Phi) is 4.19. The van der Waals surface area contributed by atoms with Gasteiger partial charge in [-0.15, -0.1) is 0 Å². The Bertz CT molecular complexity index is 423. The second-order valence-electron chi connectivity index (χ2n) is 4.59. The molecule has 1 aromatic rings. The Morgan fingerprint density at radius 2 is 2.16 bits per heavy atom. The van der Waals surface area contributed by atoms with Crippen molar-refractivity contribution in [2.75, 3.05) is 38.2 Å². The van der Waals surface area contributed by atoms with Gasteiger partial charge in [-0.1, -0.05) is 6.07 Å². The normalized spacial score (nSPS) is 21.1. The highest BCUT2D eigenvalue weighted by Gasteiger charge is 2.41. The highest BCUT2D eigenvalue weighted by molar-refractivity contribution is 5.51. The molecule has 19 heavy (non-hydrogen) atoms. The molecule has 1 saturated heterocycles. The van der Waals surface area contributed by atoms with Crippen LogP contribution in [-0.4, -0.2) is 39.5 Å². The minimum atomic E-state index is -4.17. The summed E-state index contributed by atoms with van der Waals surface area (Å²) in [6, 6.07) is 7.13. The number of ether oxygens (including phenoxy) is 1. The number of nitrogens with zero attached hydrogens (tertiary/aromatic N) is 1. The van der Waals surface area contributed by atoms with E-state index in [0.717, 1.165) is 5.69 Å². The van der Waals surface area contributed by atoms with Crippen molar-refractivity contribution in [1.82, 2.24) is 5.32 Å². The van der Waals surface area contributed by atoms with Gasteiger partial charge >= 0.3 is 6.18 Å². The van der Waals surface area contributed by atoms with E-state index in [4.69, 9.17) is 4.74 Å². The SMILES string of the molecule is COc1cccc(N2CCNCC(C(F)(F)F)C2)c1. The number of anilines is 1. The van der Waals surface area contributed by atoms with Gasteiger partial charge < -0.3 is 15.0 Å². The van der Waals surface area contributed by atoms with Gasteiger partial charge in [-0.25, -0.2) is 0 Å². The van der Waals surface area contributed by atoms with E-state index in [-0.39, 0.29) is 13.1 Å². The second-order valence-corrected chi connectivity index (χ2v) is 4.59. The molecular formula is C13H17F3N2O. The van der Waals surface area contributed by atoms with E-state index in [9.17, 15) is 13.2 Å². The van der Waals surface area contributed by atoms with Gasteiger partial charge in [-0.2, -0.15) is 13.2 Å². The fraction of sp³-hybridized carbons (Fsp3) is 0.538. The zero-order valence-corrected chi connectivity index (χ0v) is 10.7. The van der Waals surface area contributed by atoms with Crippen LogP contribution in [0.4, 0.5) is 18.9 Å². The molecule has 1 fully saturated rings. The molecule has 0 spiro atoms. The summed E-state index contributed by atoms with van der Waals surface area (Å²) in [5.41, 5.74) is 0.761. The summed E-state index contributed by atoms with van der Waals surface area (Å²) in [4.78, 5) is 1.75. The third kappa shape index (κ3) is 3.53. The lowest BCUT2D eigenvalue weighted by Gasteiger charge is -2.27. The molecule has 0 bridgehead atoms. The van der Waals surface area contributed by atoms with E-state index >= 15 is 0 Å². The van der Waals surface area contributed by atoms with E-state index in [1.54, 1.807) is 36.3 Å². The van der Waals surface area contributed by atoms with Gasteiger partial charge in [0, 0.05) is 37.9 Å². The lowest BCUT2D eigenvalue weighted by atomic mass is 10.1. The van der Waals surface area contributed by atoms with Crippen LogP contribution in [0.25, 0.3) is 0 Å². The van der Waals surface area contributed by atoms with Gasteiger partial charge in [-0.05, 0) is 12.1 Å². The van der Waals surface area contributed by atoms with Gasteiger partial charge in [-0.3, -0.25) is 0 Å². The number of alkyl halides is 3. The van der Waals surface area contributed by atoms with Crippen LogP contribution < -0.4 is 15.0 Å². The third-order valence-corrected chi connectivity index (χ3v) is 3.27. The molecule has 2 rings (SSSR count). The number of methoxy groups -OCH3 is 1. The Labute approximate surface area is 110 Å². The maximum atomic E-state index is 12.9. The minimum absolute atomic E-state index is 0.0238. The largest absolute Gasteiger partial charge is 0.497 e. The first-order valence-corrected chi connectivity index (χ1v) is 6.17. The first-order valence-electron chi connectivity index (χ1n) is 6.17. The third-order valence-electron chi connectivity index (χ3n) is 3.27. The van der Waals surface area contributed by atoms with Crippen molar-refractivity contribution in [1.29, 1.82) is 0 Å². The number of hydrogen-bond donors (Lipinski definition) is 1. The molecule has 0 aromatic heterocycles. The predicted octanol–water partition coefficient (Wildman–Crippen LogP) is 2.28. The van der Waals surface area contributed by atoms with Gasteiger partial charge in [0.2, 0.25) is 0 Å². The summed E-state index contributed by atoms with van der Waals surface area (Å²) >= 11 is 0. The standard InChI is InChI=1S/C13H17F3N2O/c1-19-12-4-2-3-11(7-12)18-6-5-17-8-10(9-18)13(14,15)16/h2-4,7,10,17H,5-6,8-9H2,1H3. The smallest absolute Gasteiger partial charge is 0.394 e. The van der Waals surface area contributed by atoms with Crippen LogP contribution in [0.5, 0.6) is 5.75 Å². The van der Waals surface area contributed by atoms with E-state index in [0.29, 0.717) is 18.8 Å². The zero-order chi connectivity index (χ0) is 13.9. The average Bonchev–Trinajstić information content (AvgIpc) is 2.64. The Morgan fingerprint density at radius 3 is 2.84 bits per heavy atom. The molecule has 1 aromatic carbocycles. The number of benzene rings is 1. The molecule has 3 nitrogen and oxygen atoms in total. The fourth-order valence-electron chi connectivity index (χ4n) is 2.17. The Balaban J connectivity index is 2.17. The summed E-state index contributed by atoms with van der Waals surface area (Å²) < 4.78 is 43.7. The molecule has 1 aliphatic rings. The summed E-state index contributed by atoms with van der Waals surface area (Å²) in [6.07, 6.45) is -4.17. The molecule has 0 saturated carbocycles. The van der Waals surface area contributed by atoms with Crippen LogP contribution in [0, 0.1) is 5.92 Å². The molecule has 1 unspecified atom stereocenters. The van der Waals surface area contributed by atoms with Crippen LogP contribution in [0.2, 0.25) is 0 Å². The highest BCUT2D eigenvalue weighted by Crippen LogP contribution is 2.30. The van der Waals surface area contributed by atoms with Gasteiger partial charge in [0.05, 0.1) is 13.0 Å². The van der Waals surface area contributed by atoms with Crippen molar-refractivity contribution in [2.24, 2.45) is 5.92 Å². The monoisotopic (exact) mass is 274 g/mol. The maximum absolute atomic E-state index is 12.9. The topological polar surface area (TPSA) is 24.5 Å². The number of rotatable bonds is 2. The summed E-state index contributed by atoms with van der Waals surface area (Å²) in [5, 5.41) is 2.84. The highest BCUT2D eigenvalue weighted by atomic mass is 19.4. The average molecular weight is 274 g/mol. The van der Waals surface area contributed by atoms with Gasteiger partial charge in [0.15, 0.2) is 0 Å². The second kappa shape index (κ2) is 5.69. The number of hydrogen-bond acceptors (Lipinski definition) is 3.